The SMILES string of the molecule is Cc1cnc(COC(c2ccccc2)(c2ccccc2)c2ccccc2)c(C)c1[N+](=O)[O-]. The topological polar surface area (TPSA) is 65.3 Å². The molecule has 5 nitrogen and oxygen atoms in total. The molecule has 0 aliphatic carbocycles. The van der Waals surface area contributed by atoms with Crippen molar-refractivity contribution in [1.29, 1.82) is 0 Å². The van der Waals surface area contributed by atoms with Crippen LogP contribution in [0.5, 0.6) is 0 Å². The number of pyridine rings is 1. The van der Waals surface area contributed by atoms with E-state index in [0.29, 0.717) is 16.8 Å². The van der Waals surface area contributed by atoms with E-state index in [1.165, 1.54) is 0 Å². The molecule has 0 bridgehead atoms. The number of benzene rings is 3. The first kappa shape index (κ1) is 21.4. The smallest absolute Gasteiger partial charge is 0.278 e. The molecular formula is C27H24N2O3. The highest BCUT2D eigenvalue weighted by atomic mass is 16.6. The highest BCUT2D eigenvalue weighted by Crippen LogP contribution is 2.41. The van der Waals surface area contributed by atoms with Gasteiger partial charge in [-0.25, -0.2) is 0 Å². The van der Waals surface area contributed by atoms with E-state index < -0.39 is 5.60 Å². The van der Waals surface area contributed by atoms with Crippen molar-refractivity contribution in [3.05, 3.63) is 141 Å². The van der Waals surface area contributed by atoms with E-state index in [-0.39, 0.29) is 17.2 Å². The van der Waals surface area contributed by atoms with Gasteiger partial charge in [-0.05, 0) is 30.5 Å². The van der Waals surface area contributed by atoms with Crippen LogP contribution in [0.25, 0.3) is 0 Å². The molecule has 160 valence electrons. The second kappa shape index (κ2) is 9.12. The summed E-state index contributed by atoms with van der Waals surface area (Å²) in [6.45, 7) is 3.54. The van der Waals surface area contributed by atoms with Crippen LogP contribution in [0.1, 0.15) is 33.5 Å². The van der Waals surface area contributed by atoms with Gasteiger partial charge < -0.3 is 4.74 Å². The Labute approximate surface area is 187 Å². The number of aromatic nitrogens is 1. The number of aryl methyl sites for hydroxylation is 1. The van der Waals surface area contributed by atoms with Crippen LogP contribution < -0.4 is 0 Å². The number of ether oxygens (including phenoxy) is 1. The largest absolute Gasteiger partial charge is 0.355 e. The molecule has 5 heteroatoms. The molecule has 0 radical (unpaired) electrons. The molecule has 0 amide bonds. The number of hydrogen-bond donors (Lipinski definition) is 0. The summed E-state index contributed by atoms with van der Waals surface area (Å²) >= 11 is 0. The van der Waals surface area contributed by atoms with Gasteiger partial charge in [0.15, 0.2) is 0 Å². The predicted molar refractivity (Wildman–Crippen MR) is 124 cm³/mol. The summed E-state index contributed by atoms with van der Waals surface area (Å²) in [5, 5.41) is 11.6. The lowest BCUT2D eigenvalue weighted by Gasteiger charge is -2.36. The molecular weight excluding hydrogens is 400 g/mol. The quantitative estimate of drug-likeness (QED) is 0.204. The monoisotopic (exact) mass is 424 g/mol. The van der Waals surface area contributed by atoms with Crippen LogP contribution in [-0.4, -0.2) is 9.91 Å². The van der Waals surface area contributed by atoms with E-state index in [4.69, 9.17) is 4.74 Å². The van der Waals surface area contributed by atoms with E-state index in [1.807, 2.05) is 91.0 Å². The third-order valence-corrected chi connectivity index (χ3v) is 5.72. The molecule has 0 saturated carbocycles. The number of rotatable bonds is 7. The number of nitrogens with zero attached hydrogens (tertiary/aromatic N) is 2. The van der Waals surface area contributed by atoms with E-state index in [9.17, 15) is 10.1 Å². The maximum Gasteiger partial charge on any atom is 0.278 e. The highest BCUT2D eigenvalue weighted by Gasteiger charge is 2.38. The van der Waals surface area contributed by atoms with E-state index in [2.05, 4.69) is 4.98 Å². The van der Waals surface area contributed by atoms with Gasteiger partial charge in [-0.15, -0.1) is 0 Å². The number of nitro groups is 1. The third kappa shape index (κ3) is 3.90. The average Bonchev–Trinajstić information content (AvgIpc) is 2.82. The molecule has 0 aliphatic heterocycles. The Morgan fingerprint density at radius 3 is 1.66 bits per heavy atom. The second-order valence-electron chi connectivity index (χ2n) is 7.69. The lowest BCUT2D eigenvalue weighted by atomic mass is 9.80. The first-order valence-corrected chi connectivity index (χ1v) is 10.4. The van der Waals surface area contributed by atoms with Crippen molar-refractivity contribution < 1.29 is 9.66 Å². The van der Waals surface area contributed by atoms with Crippen molar-refractivity contribution in [3.8, 4) is 0 Å². The lowest BCUT2D eigenvalue weighted by molar-refractivity contribution is -0.386. The minimum absolute atomic E-state index is 0.0864. The summed E-state index contributed by atoms with van der Waals surface area (Å²) in [6.07, 6.45) is 1.54. The normalized spacial score (nSPS) is 11.3. The van der Waals surface area contributed by atoms with E-state index in [1.54, 1.807) is 20.0 Å². The van der Waals surface area contributed by atoms with Crippen LogP contribution in [0, 0.1) is 24.0 Å². The molecule has 1 heterocycles. The standard InChI is InChI=1S/C27H24N2O3/c1-20-18-28-25(21(2)26(20)29(30)31)19-32-27(22-12-6-3-7-13-22,23-14-8-4-9-15-23)24-16-10-5-11-17-24/h3-18H,19H2,1-2H3. The van der Waals surface area contributed by atoms with Crippen molar-refractivity contribution >= 4 is 5.69 Å². The predicted octanol–water partition coefficient (Wildman–Crippen LogP) is 6.12. The van der Waals surface area contributed by atoms with Gasteiger partial charge in [-0.1, -0.05) is 91.0 Å². The summed E-state index contributed by atoms with van der Waals surface area (Å²) in [7, 11) is 0. The Morgan fingerprint density at radius 2 is 1.25 bits per heavy atom. The fourth-order valence-electron chi connectivity index (χ4n) is 4.14. The minimum Gasteiger partial charge on any atom is -0.355 e. The first-order chi connectivity index (χ1) is 15.5. The van der Waals surface area contributed by atoms with Gasteiger partial charge in [0, 0.05) is 11.8 Å². The molecule has 0 N–H and O–H groups in total. The van der Waals surface area contributed by atoms with Crippen LogP contribution in [0.2, 0.25) is 0 Å². The molecule has 0 saturated heterocycles. The van der Waals surface area contributed by atoms with E-state index in [0.717, 1.165) is 16.7 Å². The Kier molecular flexibility index (Phi) is 6.10. The van der Waals surface area contributed by atoms with Gasteiger partial charge in [-0.3, -0.25) is 15.1 Å². The number of hydrogen-bond acceptors (Lipinski definition) is 4. The Hall–Kier alpha value is -3.83. The lowest BCUT2D eigenvalue weighted by Crippen LogP contribution is -2.33. The zero-order valence-electron chi connectivity index (χ0n) is 18.1. The Bertz CT molecular complexity index is 1110. The maximum atomic E-state index is 11.6. The van der Waals surface area contributed by atoms with Crippen LogP contribution >= 0.6 is 0 Å². The molecule has 0 fully saturated rings. The summed E-state index contributed by atoms with van der Waals surface area (Å²) in [5.74, 6) is 0. The molecule has 0 spiro atoms. The molecule has 1 aromatic heterocycles. The van der Waals surface area contributed by atoms with Gasteiger partial charge in [-0.2, -0.15) is 0 Å². The molecule has 3 aromatic carbocycles. The van der Waals surface area contributed by atoms with Gasteiger partial charge in [0.25, 0.3) is 5.69 Å². The summed E-state index contributed by atoms with van der Waals surface area (Å²) in [4.78, 5) is 15.7. The molecule has 32 heavy (non-hydrogen) atoms. The summed E-state index contributed by atoms with van der Waals surface area (Å²) in [5.41, 5.74) is 3.70. The van der Waals surface area contributed by atoms with Crippen LogP contribution in [0.4, 0.5) is 5.69 Å². The van der Waals surface area contributed by atoms with Crippen molar-refractivity contribution in [3.63, 3.8) is 0 Å². The zero-order chi connectivity index (χ0) is 22.6. The van der Waals surface area contributed by atoms with Crippen LogP contribution in [-0.2, 0) is 16.9 Å². The van der Waals surface area contributed by atoms with Crippen molar-refractivity contribution in [2.75, 3.05) is 0 Å². The average molecular weight is 425 g/mol. The van der Waals surface area contributed by atoms with Crippen molar-refractivity contribution in [2.24, 2.45) is 0 Å². The Balaban J connectivity index is 1.88. The highest BCUT2D eigenvalue weighted by molar-refractivity contribution is 5.49. The van der Waals surface area contributed by atoms with Crippen LogP contribution in [0.15, 0.2) is 97.2 Å². The molecule has 4 aromatic rings. The molecule has 0 unspecified atom stereocenters. The maximum absolute atomic E-state index is 11.6. The fourth-order valence-corrected chi connectivity index (χ4v) is 4.14. The van der Waals surface area contributed by atoms with Gasteiger partial charge in [0.1, 0.15) is 5.60 Å². The fraction of sp³-hybridized carbons (Fsp3) is 0.148. The van der Waals surface area contributed by atoms with Gasteiger partial charge in [0.05, 0.1) is 22.8 Å². The summed E-state index contributed by atoms with van der Waals surface area (Å²) < 4.78 is 6.74. The Morgan fingerprint density at radius 1 is 0.812 bits per heavy atom. The first-order valence-electron chi connectivity index (χ1n) is 10.4. The third-order valence-electron chi connectivity index (χ3n) is 5.72. The second-order valence-corrected chi connectivity index (χ2v) is 7.69. The van der Waals surface area contributed by atoms with E-state index >= 15 is 0 Å². The zero-order valence-corrected chi connectivity index (χ0v) is 18.1. The summed E-state index contributed by atoms with van der Waals surface area (Å²) in [6, 6.07) is 30.1. The van der Waals surface area contributed by atoms with Gasteiger partial charge >= 0.3 is 0 Å². The van der Waals surface area contributed by atoms with Gasteiger partial charge in [0.2, 0.25) is 0 Å². The minimum atomic E-state index is -0.905. The molecule has 0 atom stereocenters. The van der Waals surface area contributed by atoms with Crippen LogP contribution in [0.3, 0.4) is 0 Å². The molecule has 4 rings (SSSR count). The van der Waals surface area contributed by atoms with Crippen molar-refractivity contribution in [2.45, 2.75) is 26.1 Å². The molecule has 0 aliphatic rings. The van der Waals surface area contributed by atoms with Crippen molar-refractivity contribution in [1.82, 2.24) is 4.98 Å².